The van der Waals surface area contributed by atoms with Crippen LogP contribution in [0.5, 0.6) is 5.75 Å². The molecule has 0 N–H and O–H groups in total. The summed E-state index contributed by atoms with van der Waals surface area (Å²) in [7, 11) is 0. The van der Waals surface area contributed by atoms with Crippen LogP contribution in [0.25, 0.3) is 0 Å². The smallest absolute Gasteiger partial charge is 0.280 e. The molecule has 1 atom stereocenters. The Hall–Kier alpha value is -2.95. The third kappa shape index (κ3) is 3.25. The van der Waals surface area contributed by atoms with Gasteiger partial charge in [0.15, 0.2) is 12.4 Å². The van der Waals surface area contributed by atoms with Crippen LogP contribution in [-0.4, -0.2) is 35.6 Å². The highest BCUT2D eigenvalue weighted by Gasteiger charge is 2.31. The van der Waals surface area contributed by atoms with Crippen molar-refractivity contribution in [3.8, 4) is 5.75 Å². The lowest BCUT2D eigenvalue weighted by molar-refractivity contribution is -0.132. The number of benzene rings is 2. The first-order valence-electron chi connectivity index (χ1n) is 9.27. The Balaban J connectivity index is 1.47. The van der Waals surface area contributed by atoms with Crippen LogP contribution in [0.2, 0.25) is 0 Å². The lowest BCUT2D eigenvalue weighted by Crippen LogP contribution is -2.29. The predicted molar refractivity (Wildman–Crippen MR) is 103 cm³/mol. The second kappa shape index (κ2) is 6.99. The van der Waals surface area contributed by atoms with E-state index in [4.69, 9.17) is 4.74 Å². The summed E-state index contributed by atoms with van der Waals surface area (Å²) in [5, 5.41) is 5.90. The molecule has 4 rings (SSSR count). The Morgan fingerprint density at radius 2 is 2.00 bits per heavy atom. The third-order valence-corrected chi connectivity index (χ3v) is 5.24. The second-order valence-corrected chi connectivity index (χ2v) is 7.17. The van der Waals surface area contributed by atoms with Gasteiger partial charge in [-0.3, -0.25) is 9.59 Å². The molecule has 0 saturated heterocycles. The maximum Gasteiger partial charge on any atom is 0.280 e. The van der Waals surface area contributed by atoms with E-state index in [1.54, 1.807) is 6.07 Å². The topological polar surface area (TPSA) is 59.0 Å². The van der Waals surface area contributed by atoms with E-state index >= 15 is 0 Å². The number of carbonyl (C=O) groups is 2. The van der Waals surface area contributed by atoms with Crippen molar-refractivity contribution in [1.29, 1.82) is 0 Å². The van der Waals surface area contributed by atoms with E-state index in [1.807, 2.05) is 43.3 Å². The molecule has 0 aromatic heterocycles. The minimum Gasteiger partial charge on any atom is -0.483 e. The fourth-order valence-corrected chi connectivity index (χ4v) is 3.91. The number of fused-ring (bicyclic) bond motifs is 1. The first-order chi connectivity index (χ1) is 13.0. The second-order valence-electron chi connectivity index (χ2n) is 7.17. The van der Waals surface area contributed by atoms with Crippen LogP contribution < -0.4 is 4.74 Å². The van der Waals surface area contributed by atoms with E-state index in [9.17, 15) is 9.59 Å². The molecule has 1 amide bonds. The number of Topliss-reactive ketones (excluding diaryl/α,β-unsaturated/α-hetero) is 1. The van der Waals surface area contributed by atoms with E-state index in [0.29, 0.717) is 24.3 Å². The first-order valence-corrected chi connectivity index (χ1v) is 9.27. The summed E-state index contributed by atoms with van der Waals surface area (Å²) < 4.78 is 5.76. The molecule has 0 radical (unpaired) electrons. The number of amides is 1. The average molecular weight is 362 g/mol. The zero-order chi connectivity index (χ0) is 19.0. The van der Waals surface area contributed by atoms with Crippen LogP contribution in [0.4, 0.5) is 0 Å². The molecular weight excluding hydrogens is 340 g/mol. The van der Waals surface area contributed by atoms with Gasteiger partial charge in [0.1, 0.15) is 5.75 Å². The molecule has 2 aliphatic rings. The number of aryl methyl sites for hydroxylation is 1. The molecule has 1 heterocycles. The number of ether oxygens (including phenoxy) is 1. The van der Waals surface area contributed by atoms with Crippen LogP contribution >= 0.6 is 0 Å². The van der Waals surface area contributed by atoms with Crippen LogP contribution in [0.1, 0.15) is 52.7 Å². The van der Waals surface area contributed by atoms with Crippen molar-refractivity contribution in [2.24, 2.45) is 5.10 Å². The summed E-state index contributed by atoms with van der Waals surface area (Å²) in [6.07, 6.45) is 1.23. The van der Waals surface area contributed by atoms with Gasteiger partial charge in [-0.05, 0) is 35.6 Å². The fourth-order valence-electron chi connectivity index (χ4n) is 3.91. The van der Waals surface area contributed by atoms with E-state index in [-0.39, 0.29) is 24.2 Å². The van der Waals surface area contributed by atoms with Crippen molar-refractivity contribution in [2.75, 3.05) is 13.2 Å². The van der Waals surface area contributed by atoms with Gasteiger partial charge in [0.2, 0.25) is 0 Å². The number of hydrogen-bond acceptors (Lipinski definition) is 4. The van der Waals surface area contributed by atoms with E-state index in [0.717, 1.165) is 28.8 Å². The monoisotopic (exact) mass is 362 g/mol. The summed E-state index contributed by atoms with van der Waals surface area (Å²) in [5.41, 5.74) is 4.73. The maximum absolute atomic E-state index is 12.5. The highest BCUT2D eigenvalue weighted by Crippen LogP contribution is 2.40. The quantitative estimate of drug-likeness (QED) is 0.833. The average Bonchev–Trinajstić information content (AvgIpc) is 3.27. The zero-order valence-corrected chi connectivity index (χ0v) is 15.6. The van der Waals surface area contributed by atoms with Crippen molar-refractivity contribution in [2.45, 2.75) is 32.6 Å². The fraction of sp³-hybridized carbons (Fsp3) is 0.318. The van der Waals surface area contributed by atoms with Gasteiger partial charge in [0, 0.05) is 12.8 Å². The summed E-state index contributed by atoms with van der Waals surface area (Å²) in [5.74, 6) is 0.594. The standard InChI is InChI=1S/C22H22N2O3/c1-14-8-9-19(22-18(25)12-15(2)21(14)22)27-13-20(26)24-11-10-17(23-24)16-6-4-3-5-7-16/h3-9,15H,10-13H2,1-2H3/t15-/m1/s1. The highest BCUT2D eigenvalue weighted by atomic mass is 16.5. The number of hydrazone groups is 1. The number of nitrogens with zero attached hydrogens (tertiary/aromatic N) is 2. The van der Waals surface area contributed by atoms with Crippen LogP contribution in [0, 0.1) is 6.92 Å². The Kier molecular flexibility index (Phi) is 4.52. The van der Waals surface area contributed by atoms with Gasteiger partial charge < -0.3 is 4.74 Å². The van der Waals surface area contributed by atoms with Gasteiger partial charge in [-0.2, -0.15) is 5.10 Å². The third-order valence-electron chi connectivity index (χ3n) is 5.24. The SMILES string of the molecule is Cc1ccc(OCC(=O)N2CCC(c3ccccc3)=N2)c2c1[C@H](C)CC2=O. The Labute approximate surface area is 158 Å². The zero-order valence-electron chi connectivity index (χ0n) is 15.6. The number of rotatable bonds is 4. The van der Waals surface area contributed by atoms with Crippen molar-refractivity contribution >= 4 is 17.4 Å². The molecule has 0 spiro atoms. The van der Waals surface area contributed by atoms with Crippen molar-refractivity contribution in [3.05, 3.63) is 64.7 Å². The Bertz CT molecular complexity index is 934. The first kappa shape index (κ1) is 17.5. The van der Waals surface area contributed by atoms with E-state index < -0.39 is 0 Å². The van der Waals surface area contributed by atoms with Gasteiger partial charge in [0.25, 0.3) is 5.91 Å². The van der Waals surface area contributed by atoms with E-state index in [1.165, 1.54) is 5.01 Å². The van der Waals surface area contributed by atoms with Crippen LogP contribution in [0.3, 0.4) is 0 Å². The number of hydrogen-bond donors (Lipinski definition) is 0. The van der Waals surface area contributed by atoms with Crippen LogP contribution in [0.15, 0.2) is 47.6 Å². The molecule has 5 nitrogen and oxygen atoms in total. The highest BCUT2D eigenvalue weighted by molar-refractivity contribution is 6.04. The van der Waals surface area contributed by atoms with Crippen LogP contribution in [-0.2, 0) is 4.79 Å². The Morgan fingerprint density at radius 3 is 2.78 bits per heavy atom. The molecule has 0 bridgehead atoms. The molecule has 0 fully saturated rings. The summed E-state index contributed by atoms with van der Waals surface area (Å²) >= 11 is 0. The van der Waals surface area contributed by atoms with Gasteiger partial charge >= 0.3 is 0 Å². The van der Waals surface area contributed by atoms with Crippen molar-refractivity contribution in [1.82, 2.24) is 5.01 Å². The summed E-state index contributed by atoms with van der Waals surface area (Å²) in [6.45, 7) is 4.49. The molecule has 2 aromatic carbocycles. The maximum atomic E-state index is 12.5. The summed E-state index contributed by atoms with van der Waals surface area (Å²) in [4.78, 5) is 24.9. The normalized spacial score (nSPS) is 18.4. The molecule has 1 aliphatic carbocycles. The number of ketones is 1. The lowest BCUT2D eigenvalue weighted by Gasteiger charge is -2.15. The molecule has 5 heteroatoms. The van der Waals surface area contributed by atoms with Crippen molar-refractivity contribution in [3.63, 3.8) is 0 Å². The van der Waals surface area contributed by atoms with Gasteiger partial charge in [0.05, 0.1) is 17.8 Å². The molecule has 138 valence electrons. The van der Waals surface area contributed by atoms with Gasteiger partial charge in [-0.15, -0.1) is 0 Å². The minimum absolute atomic E-state index is 0.0919. The van der Waals surface area contributed by atoms with Gasteiger partial charge in [-0.1, -0.05) is 43.3 Å². The molecular formula is C22H22N2O3. The minimum atomic E-state index is -0.200. The molecule has 0 saturated carbocycles. The largest absolute Gasteiger partial charge is 0.483 e. The molecule has 1 aliphatic heterocycles. The number of carbonyl (C=O) groups excluding carboxylic acids is 2. The molecule has 0 unspecified atom stereocenters. The molecule has 2 aromatic rings. The lowest BCUT2D eigenvalue weighted by atomic mass is 9.97. The van der Waals surface area contributed by atoms with E-state index in [2.05, 4.69) is 12.0 Å². The molecule has 27 heavy (non-hydrogen) atoms. The van der Waals surface area contributed by atoms with Crippen molar-refractivity contribution < 1.29 is 14.3 Å². The van der Waals surface area contributed by atoms with Gasteiger partial charge in [-0.25, -0.2) is 5.01 Å². The Morgan fingerprint density at radius 1 is 1.22 bits per heavy atom. The summed E-state index contributed by atoms with van der Waals surface area (Å²) in [6, 6.07) is 13.6. The predicted octanol–water partition coefficient (Wildman–Crippen LogP) is 3.70.